The number of aromatic nitrogens is 4. The Morgan fingerprint density at radius 3 is 1.45 bits per heavy atom. The summed E-state index contributed by atoms with van der Waals surface area (Å²) in [5.74, 6) is 2.67. The Bertz CT molecular complexity index is 3150. The van der Waals surface area contributed by atoms with Crippen LogP contribution in [0.5, 0.6) is 0 Å². The monoisotopic (exact) mass is 844 g/mol. The first-order valence-electron chi connectivity index (χ1n) is 22.2. The molecule has 0 aliphatic carbocycles. The zero-order valence-electron chi connectivity index (χ0n) is 39.7. The van der Waals surface area contributed by atoms with Crippen LogP contribution in [-0.2, 0) is 26.4 Å². The quantitative estimate of drug-likeness (QED) is 0.131. The lowest BCUT2D eigenvalue weighted by atomic mass is 9.74. The maximum atomic E-state index is 13.6. The number of nitrogens with zero attached hydrogens (tertiary/aromatic N) is 4. The van der Waals surface area contributed by atoms with Gasteiger partial charge in [0.1, 0.15) is 0 Å². The SMILES string of the molecule is C#Cc1c(-c2ccccc2C(=O)OC)c2cc3nc(cc4ccc(cc5nc(cc1n2-c1cccc(C(C)(C)C)c1C(C)(C)C)C=C5)n4-c1cccc(C(C)(C)C)c1C(C)(C)C)C=C3. The van der Waals surface area contributed by atoms with Crippen LogP contribution >= 0.6 is 0 Å². The Labute approximate surface area is 379 Å². The Hall–Kier alpha value is -6.71. The molecule has 64 heavy (non-hydrogen) atoms. The summed E-state index contributed by atoms with van der Waals surface area (Å²) in [6.45, 7) is 27.3. The lowest BCUT2D eigenvalue weighted by Crippen LogP contribution is -2.24. The van der Waals surface area contributed by atoms with Gasteiger partial charge >= 0.3 is 5.97 Å². The molecular formula is C58H60N4O2. The number of hydrogen-bond donors (Lipinski definition) is 0. The minimum atomic E-state index is -0.447. The third kappa shape index (κ3) is 7.94. The molecule has 0 saturated heterocycles. The van der Waals surface area contributed by atoms with Crippen LogP contribution in [0.2, 0.25) is 0 Å². The Balaban J connectivity index is 1.60. The summed E-state index contributed by atoms with van der Waals surface area (Å²) in [5.41, 5.74) is 15.6. The van der Waals surface area contributed by atoms with E-state index in [1.165, 1.54) is 29.4 Å². The van der Waals surface area contributed by atoms with Crippen molar-refractivity contribution in [2.24, 2.45) is 0 Å². The van der Waals surface area contributed by atoms with Crippen LogP contribution in [0.3, 0.4) is 0 Å². The summed E-state index contributed by atoms with van der Waals surface area (Å²) in [5, 5.41) is 0. The van der Waals surface area contributed by atoms with E-state index in [-0.39, 0.29) is 21.7 Å². The fraction of sp³-hybridized carbons (Fsp3) is 0.293. The van der Waals surface area contributed by atoms with Crippen molar-refractivity contribution >= 4 is 52.3 Å². The molecule has 3 aromatic heterocycles. The zero-order valence-corrected chi connectivity index (χ0v) is 39.7. The van der Waals surface area contributed by atoms with Crippen molar-refractivity contribution in [1.29, 1.82) is 0 Å². The predicted molar refractivity (Wildman–Crippen MR) is 268 cm³/mol. The van der Waals surface area contributed by atoms with Gasteiger partial charge < -0.3 is 13.9 Å². The molecule has 3 aromatic carbocycles. The second-order valence-electron chi connectivity index (χ2n) is 21.1. The van der Waals surface area contributed by atoms with Crippen LogP contribution in [0.4, 0.5) is 0 Å². The van der Waals surface area contributed by atoms with Crippen molar-refractivity contribution in [3.63, 3.8) is 0 Å². The third-order valence-corrected chi connectivity index (χ3v) is 12.1. The molecule has 6 nitrogen and oxygen atoms in total. The van der Waals surface area contributed by atoms with Gasteiger partial charge in [0, 0.05) is 16.6 Å². The molecule has 0 saturated carbocycles. The number of rotatable bonds is 4. The normalized spacial score (nSPS) is 13.0. The molecule has 6 heteroatoms. The highest BCUT2D eigenvalue weighted by Crippen LogP contribution is 2.44. The molecule has 6 aromatic rings. The number of ether oxygens (including phenoxy) is 1. The number of terminal acetylenes is 1. The fourth-order valence-electron chi connectivity index (χ4n) is 9.50. The van der Waals surface area contributed by atoms with E-state index in [1.54, 1.807) is 6.07 Å². The summed E-state index contributed by atoms with van der Waals surface area (Å²) in [7, 11) is 1.41. The summed E-state index contributed by atoms with van der Waals surface area (Å²) in [6.07, 6.45) is 14.9. The van der Waals surface area contributed by atoms with Gasteiger partial charge in [0.05, 0.1) is 63.4 Å². The predicted octanol–water partition coefficient (Wildman–Crippen LogP) is 14.2. The second-order valence-corrected chi connectivity index (χ2v) is 21.1. The molecule has 2 aliphatic heterocycles. The number of carbonyl (C=O) groups is 1. The van der Waals surface area contributed by atoms with E-state index >= 15 is 0 Å². The molecule has 0 amide bonds. The van der Waals surface area contributed by atoms with E-state index in [4.69, 9.17) is 21.1 Å². The number of methoxy groups -OCH3 is 1. The van der Waals surface area contributed by atoms with Crippen molar-refractivity contribution in [3.8, 4) is 34.8 Å². The average Bonchev–Trinajstić information content (AvgIpc) is 4.02. The average molecular weight is 845 g/mol. The van der Waals surface area contributed by atoms with E-state index in [9.17, 15) is 4.79 Å². The molecule has 0 N–H and O–H groups in total. The molecule has 0 fully saturated rings. The van der Waals surface area contributed by atoms with Gasteiger partial charge in [-0.3, -0.25) is 0 Å². The van der Waals surface area contributed by atoms with E-state index in [0.717, 1.165) is 61.8 Å². The van der Waals surface area contributed by atoms with Crippen LogP contribution in [0.25, 0.3) is 68.9 Å². The van der Waals surface area contributed by atoms with Gasteiger partial charge in [0.15, 0.2) is 0 Å². The smallest absolute Gasteiger partial charge is 0.338 e. The van der Waals surface area contributed by atoms with Crippen LogP contribution in [0.1, 0.15) is 144 Å². The van der Waals surface area contributed by atoms with Crippen LogP contribution < -0.4 is 0 Å². The summed E-state index contributed by atoms with van der Waals surface area (Å²) >= 11 is 0. The second kappa shape index (κ2) is 15.8. The minimum Gasteiger partial charge on any atom is -0.465 e. The molecule has 0 unspecified atom stereocenters. The standard InChI is InChI=1S/C58H60N4O2/c1-15-42-49-34-38-28-26-36(59-38)32-40-30-31-41(61(40)47-24-18-22-45(55(2,3)4)52(47)57(8,9)10)33-37-27-29-39(60-37)35-50(51(42)43-20-16-17-21-44(43)54(63)64-14)62(49)48-25-19-23-46(56(5,6)7)53(48)58(11,12)13/h1,16-35H,2-14H3. The van der Waals surface area contributed by atoms with E-state index in [0.29, 0.717) is 16.7 Å². The zero-order chi connectivity index (χ0) is 46.1. The molecule has 5 heterocycles. The molecule has 2 aliphatic rings. The number of benzene rings is 3. The Morgan fingerprint density at radius 2 is 1.00 bits per heavy atom. The van der Waals surface area contributed by atoms with Gasteiger partial charge in [-0.05, 0) is 128 Å². The van der Waals surface area contributed by atoms with Gasteiger partial charge in [0.25, 0.3) is 0 Å². The van der Waals surface area contributed by atoms with E-state index in [2.05, 4.69) is 195 Å². The third-order valence-electron chi connectivity index (χ3n) is 12.1. The maximum Gasteiger partial charge on any atom is 0.338 e. The van der Waals surface area contributed by atoms with Gasteiger partial charge in [-0.25, -0.2) is 14.8 Å². The number of fused-ring (bicyclic) bond motifs is 8. The topological polar surface area (TPSA) is 61.9 Å². The van der Waals surface area contributed by atoms with Crippen molar-refractivity contribution in [2.75, 3.05) is 7.11 Å². The van der Waals surface area contributed by atoms with Crippen molar-refractivity contribution in [1.82, 2.24) is 19.1 Å². The molecule has 0 spiro atoms. The molecule has 8 bridgehead atoms. The Kier molecular flexibility index (Phi) is 10.9. The molecule has 8 rings (SSSR count). The lowest BCUT2D eigenvalue weighted by molar-refractivity contribution is 0.0601. The number of carbonyl (C=O) groups excluding carboxylic acids is 1. The number of esters is 1. The fourth-order valence-corrected chi connectivity index (χ4v) is 9.50. The maximum absolute atomic E-state index is 13.6. The molecule has 324 valence electrons. The first kappa shape index (κ1) is 43.9. The minimum absolute atomic E-state index is 0.0744. The Morgan fingerprint density at radius 1 is 0.547 bits per heavy atom. The number of hydrogen-bond acceptors (Lipinski definition) is 4. The molecule has 0 radical (unpaired) electrons. The summed E-state index contributed by atoms with van der Waals surface area (Å²) < 4.78 is 9.99. The van der Waals surface area contributed by atoms with Crippen molar-refractivity contribution in [2.45, 2.75) is 105 Å². The van der Waals surface area contributed by atoms with Crippen LogP contribution in [0, 0.1) is 12.3 Å². The van der Waals surface area contributed by atoms with Gasteiger partial charge in [-0.2, -0.15) is 0 Å². The largest absolute Gasteiger partial charge is 0.465 e. The van der Waals surface area contributed by atoms with E-state index in [1.807, 2.05) is 18.2 Å². The highest BCUT2D eigenvalue weighted by Gasteiger charge is 2.32. The highest BCUT2D eigenvalue weighted by atomic mass is 16.5. The van der Waals surface area contributed by atoms with Crippen molar-refractivity contribution < 1.29 is 9.53 Å². The van der Waals surface area contributed by atoms with Crippen LogP contribution in [0.15, 0.2) is 97.1 Å². The first-order valence-corrected chi connectivity index (χ1v) is 22.2. The summed E-state index contributed by atoms with van der Waals surface area (Å²) in [4.78, 5) is 24.1. The van der Waals surface area contributed by atoms with Crippen molar-refractivity contribution in [3.05, 3.63) is 153 Å². The van der Waals surface area contributed by atoms with Gasteiger partial charge in [0.2, 0.25) is 0 Å². The van der Waals surface area contributed by atoms with Gasteiger partial charge in [-0.15, -0.1) is 6.42 Å². The van der Waals surface area contributed by atoms with Crippen LogP contribution in [-0.4, -0.2) is 32.2 Å². The molecule has 0 atom stereocenters. The first-order chi connectivity index (χ1) is 30.1. The molecular weight excluding hydrogens is 785 g/mol. The highest BCUT2D eigenvalue weighted by molar-refractivity contribution is 6.05. The van der Waals surface area contributed by atoms with E-state index < -0.39 is 5.97 Å². The van der Waals surface area contributed by atoms with Gasteiger partial charge in [-0.1, -0.05) is 131 Å². The summed E-state index contributed by atoms with van der Waals surface area (Å²) in [6, 6.07) is 33.6. The lowest BCUT2D eigenvalue weighted by Gasteiger charge is -2.33.